The average Bonchev–Trinajstić information content (AvgIpc) is 3.17. The lowest BCUT2D eigenvalue weighted by Crippen LogP contribution is -2.21. The first-order chi connectivity index (χ1) is 13.6. The van der Waals surface area contributed by atoms with Gasteiger partial charge in [0.05, 0.1) is 6.21 Å². The van der Waals surface area contributed by atoms with Gasteiger partial charge in [0, 0.05) is 29.9 Å². The van der Waals surface area contributed by atoms with Crippen LogP contribution in [-0.2, 0) is 0 Å². The summed E-state index contributed by atoms with van der Waals surface area (Å²) >= 11 is 0. The van der Waals surface area contributed by atoms with E-state index in [9.17, 15) is 9.59 Å². The van der Waals surface area contributed by atoms with Crippen LogP contribution in [0, 0.1) is 0 Å². The van der Waals surface area contributed by atoms with Gasteiger partial charge in [-0.25, -0.2) is 0 Å². The summed E-state index contributed by atoms with van der Waals surface area (Å²) < 4.78 is 0. The predicted molar refractivity (Wildman–Crippen MR) is 106 cm³/mol. The van der Waals surface area contributed by atoms with Crippen LogP contribution in [0.3, 0.4) is 0 Å². The van der Waals surface area contributed by atoms with E-state index in [0.717, 1.165) is 29.2 Å². The highest BCUT2D eigenvalue weighted by Crippen LogP contribution is 2.24. The largest absolute Gasteiger partial charge is 0.372 e. The molecule has 140 valence electrons. The number of fused-ring (bicyclic) bond motifs is 2. The number of hydrogen-bond donors (Lipinski definition) is 0. The smallest absolute Gasteiger partial charge is 0.216 e. The van der Waals surface area contributed by atoms with Gasteiger partial charge >= 0.3 is 0 Å². The van der Waals surface area contributed by atoms with E-state index >= 15 is 0 Å². The average molecular weight is 373 g/mol. The zero-order valence-electron chi connectivity index (χ0n) is 15.7. The van der Waals surface area contributed by atoms with E-state index in [0.29, 0.717) is 11.1 Å². The second kappa shape index (κ2) is 7.19. The Labute approximate surface area is 162 Å². The van der Waals surface area contributed by atoms with E-state index in [1.54, 1.807) is 30.5 Å². The Balaban J connectivity index is 1.59. The minimum atomic E-state index is -0.310. The maximum Gasteiger partial charge on any atom is 0.216 e. The number of nitrogens with zero attached hydrogens (tertiary/aromatic N) is 5. The van der Waals surface area contributed by atoms with Crippen molar-refractivity contribution in [3.05, 3.63) is 76.6 Å². The summed E-state index contributed by atoms with van der Waals surface area (Å²) in [5.74, 6) is -0.620. The standard InChI is InChI=1S/C21H19N5O2/c1-3-25(4-2)15-11-9-14(10-12-15)13-22-26-23-18-19(24-26)21(28)17-8-6-5-7-16(17)20(18)27/h5-13H,3-4H2,1-2H3/b22-13+. The Morgan fingerprint density at radius 2 is 1.43 bits per heavy atom. The molecule has 3 aromatic rings. The van der Waals surface area contributed by atoms with Crippen LogP contribution in [0.15, 0.2) is 53.6 Å². The minimum Gasteiger partial charge on any atom is -0.372 e. The van der Waals surface area contributed by atoms with Crippen LogP contribution in [-0.4, -0.2) is 46.0 Å². The molecule has 1 heterocycles. The summed E-state index contributed by atoms with van der Waals surface area (Å²) in [5, 5.41) is 12.4. The number of carbonyl (C=O) groups excluding carboxylic acids is 2. The molecule has 0 unspecified atom stereocenters. The number of benzene rings is 2. The molecule has 28 heavy (non-hydrogen) atoms. The highest BCUT2D eigenvalue weighted by molar-refractivity contribution is 6.26. The summed E-state index contributed by atoms with van der Waals surface area (Å²) in [4.78, 5) is 28.4. The van der Waals surface area contributed by atoms with Crippen molar-refractivity contribution in [1.82, 2.24) is 15.1 Å². The Kier molecular flexibility index (Phi) is 4.57. The quantitative estimate of drug-likeness (QED) is 0.503. The van der Waals surface area contributed by atoms with Crippen LogP contribution >= 0.6 is 0 Å². The first-order valence-corrected chi connectivity index (χ1v) is 9.17. The molecule has 0 amide bonds. The van der Waals surface area contributed by atoms with Crippen molar-refractivity contribution in [2.75, 3.05) is 18.0 Å². The van der Waals surface area contributed by atoms with Crippen LogP contribution < -0.4 is 4.90 Å². The highest BCUT2D eigenvalue weighted by Gasteiger charge is 2.34. The maximum absolute atomic E-state index is 12.6. The number of hydrogen-bond acceptors (Lipinski definition) is 6. The van der Waals surface area contributed by atoms with Gasteiger partial charge in [-0.2, -0.15) is 0 Å². The molecule has 2 aromatic carbocycles. The molecule has 0 saturated heterocycles. The van der Waals surface area contributed by atoms with Crippen molar-refractivity contribution >= 4 is 23.5 Å². The van der Waals surface area contributed by atoms with E-state index in [4.69, 9.17) is 0 Å². The molecular formula is C21H19N5O2. The van der Waals surface area contributed by atoms with Gasteiger partial charge in [0.25, 0.3) is 0 Å². The monoisotopic (exact) mass is 373 g/mol. The molecule has 0 bridgehead atoms. The normalized spacial score (nSPS) is 12.9. The number of aromatic nitrogens is 3. The molecular weight excluding hydrogens is 354 g/mol. The molecule has 1 aliphatic carbocycles. The van der Waals surface area contributed by atoms with Crippen molar-refractivity contribution < 1.29 is 9.59 Å². The molecule has 0 aliphatic heterocycles. The maximum atomic E-state index is 12.6. The lowest BCUT2D eigenvalue weighted by Gasteiger charge is -2.20. The van der Waals surface area contributed by atoms with Crippen molar-refractivity contribution in [1.29, 1.82) is 0 Å². The van der Waals surface area contributed by atoms with Crippen LogP contribution in [0.2, 0.25) is 0 Å². The van der Waals surface area contributed by atoms with Gasteiger partial charge in [-0.3, -0.25) is 9.59 Å². The number of ketones is 2. The molecule has 7 heteroatoms. The van der Waals surface area contributed by atoms with E-state index in [-0.39, 0.29) is 23.0 Å². The lowest BCUT2D eigenvalue weighted by molar-refractivity contribution is 0.0974. The molecule has 0 atom stereocenters. The molecule has 0 saturated carbocycles. The topological polar surface area (TPSA) is 80.5 Å². The van der Waals surface area contributed by atoms with Gasteiger partial charge in [0.15, 0.2) is 11.4 Å². The molecule has 0 radical (unpaired) electrons. The molecule has 1 aliphatic rings. The van der Waals surface area contributed by atoms with Crippen LogP contribution in [0.1, 0.15) is 51.5 Å². The van der Waals surface area contributed by atoms with Crippen LogP contribution in [0.5, 0.6) is 0 Å². The number of rotatable bonds is 5. The molecule has 7 nitrogen and oxygen atoms in total. The molecule has 1 aromatic heterocycles. The third-order valence-electron chi connectivity index (χ3n) is 4.78. The zero-order chi connectivity index (χ0) is 19.7. The first kappa shape index (κ1) is 17.8. The van der Waals surface area contributed by atoms with Crippen LogP contribution in [0.4, 0.5) is 5.69 Å². The van der Waals surface area contributed by atoms with E-state index < -0.39 is 0 Å². The molecule has 4 rings (SSSR count). The third kappa shape index (κ3) is 3.00. The summed E-state index contributed by atoms with van der Waals surface area (Å²) in [6, 6.07) is 14.6. The minimum absolute atomic E-state index is 0.0396. The fourth-order valence-electron chi connectivity index (χ4n) is 3.27. The van der Waals surface area contributed by atoms with Crippen LogP contribution in [0.25, 0.3) is 0 Å². The van der Waals surface area contributed by atoms with Gasteiger partial charge in [-0.1, -0.05) is 41.3 Å². The van der Waals surface area contributed by atoms with Crippen molar-refractivity contribution in [2.45, 2.75) is 13.8 Å². The summed E-state index contributed by atoms with van der Waals surface area (Å²) in [7, 11) is 0. The summed E-state index contributed by atoms with van der Waals surface area (Å²) in [6.07, 6.45) is 1.60. The van der Waals surface area contributed by atoms with Crippen molar-refractivity contribution in [2.24, 2.45) is 5.10 Å². The van der Waals surface area contributed by atoms with Gasteiger partial charge in [-0.05, 0) is 31.5 Å². The number of anilines is 1. The van der Waals surface area contributed by atoms with Crippen molar-refractivity contribution in [3.8, 4) is 0 Å². The Morgan fingerprint density at radius 1 is 0.893 bits per heavy atom. The molecule has 0 fully saturated rings. The van der Waals surface area contributed by atoms with Gasteiger partial charge < -0.3 is 4.90 Å². The van der Waals surface area contributed by atoms with Crippen molar-refractivity contribution in [3.63, 3.8) is 0 Å². The van der Waals surface area contributed by atoms with E-state index in [2.05, 4.69) is 34.0 Å². The zero-order valence-corrected chi connectivity index (χ0v) is 15.7. The fraction of sp³-hybridized carbons (Fsp3) is 0.190. The SMILES string of the molecule is CCN(CC)c1ccc(/C=N/n2nc3c(n2)C(=O)c2ccccc2C3=O)cc1. The molecule has 0 spiro atoms. The summed E-state index contributed by atoms with van der Waals surface area (Å²) in [6.45, 7) is 6.12. The third-order valence-corrected chi connectivity index (χ3v) is 4.78. The highest BCUT2D eigenvalue weighted by atomic mass is 16.1. The Bertz CT molecular complexity index is 1030. The number of carbonyl (C=O) groups is 2. The second-order valence-electron chi connectivity index (χ2n) is 6.38. The van der Waals surface area contributed by atoms with Gasteiger partial charge in [0.2, 0.25) is 11.6 Å². The fourth-order valence-corrected chi connectivity index (χ4v) is 3.27. The second-order valence-corrected chi connectivity index (χ2v) is 6.38. The Morgan fingerprint density at radius 3 is 1.93 bits per heavy atom. The van der Waals surface area contributed by atoms with Gasteiger partial charge in [0.1, 0.15) is 0 Å². The molecule has 0 N–H and O–H groups in total. The predicted octanol–water partition coefficient (Wildman–Crippen LogP) is 2.78. The Hall–Kier alpha value is -3.61. The summed E-state index contributed by atoms with van der Waals surface area (Å²) in [5.41, 5.74) is 2.79. The lowest BCUT2D eigenvalue weighted by atomic mass is 9.90. The van der Waals surface area contributed by atoms with Gasteiger partial charge in [-0.15, -0.1) is 15.3 Å². The van der Waals surface area contributed by atoms with E-state index in [1.807, 2.05) is 24.3 Å². The first-order valence-electron chi connectivity index (χ1n) is 9.17. The van der Waals surface area contributed by atoms with E-state index in [1.165, 1.54) is 0 Å².